The summed E-state index contributed by atoms with van der Waals surface area (Å²) in [6, 6.07) is 0. The third-order valence-electron chi connectivity index (χ3n) is 2.88. The van der Waals surface area contributed by atoms with Gasteiger partial charge < -0.3 is 10.4 Å². The maximum absolute atomic E-state index is 11.1. The van der Waals surface area contributed by atoms with E-state index in [1.165, 1.54) is 0 Å². The van der Waals surface area contributed by atoms with Crippen LogP contribution in [0.3, 0.4) is 0 Å². The van der Waals surface area contributed by atoms with Gasteiger partial charge in [-0.2, -0.15) is 5.10 Å². The summed E-state index contributed by atoms with van der Waals surface area (Å²) in [4.78, 5) is 10.7. The van der Waals surface area contributed by atoms with Gasteiger partial charge in [0.15, 0.2) is 0 Å². The lowest BCUT2D eigenvalue weighted by Crippen LogP contribution is -2.28. The lowest BCUT2D eigenvalue weighted by Gasteiger charge is -2.22. The van der Waals surface area contributed by atoms with Crippen LogP contribution in [0.5, 0.6) is 0 Å². The zero-order valence-electron chi connectivity index (χ0n) is 11.9. The number of nitrogens with one attached hydrogen (secondary N) is 1. The normalized spacial score (nSPS) is 11.6. The van der Waals surface area contributed by atoms with E-state index in [1.54, 1.807) is 11.6 Å². The highest BCUT2D eigenvalue weighted by Gasteiger charge is 2.26. The van der Waals surface area contributed by atoms with Gasteiger partial charge in [-0.3, -0.25) is 10.1 Å². The predicted octanol–water partition coefficient (Wildman–Crippen LogP) is 1.94. The van der Waals surface area contributed by atoms with E-state index in [0.717, 1.165) is 6.42 Å². The van der Waals surface area contributed by atoms with Gasteiger partial charge >= 0.3 is 5.69 Å². The number of hydrogen-bond donors (Lipinski definition) is 2. The van der Waals surface area contributed by atoms with Crippen LogP contribution in [0, 0.1) is 22.5 Å². The van der Waals surface area contributed by atoms with Crippen LogP contribution in [-0.4, -0.2) is 33.0 Å². The van der Waals surface area contributed by atoms with Crippen LogP contribution >= 0.6 is 0 Å². The van der Waals surface area contributed by atoms with Crippen molar-refractivity contribution in [2.45, 2.75) is 40.7 Å². The Morgan fingerprint density at radius 3 is 2.63 bits per heavy atom. The first-order chi connectivity index (χ1) is 8.82. The summed E-state index contributed by atoms with van der Waals surface area (Å²) in [5, 5.41) is 27.6. The van der Waals surface area contributed by atoms with Gasteiger partial charge in [-0.25, -0.2) is 4.68 Å². The van der Waals surface area contributed by atoms with E-state index in [4.69, 9.17) is 0 Å². The molecule has 2 N–H and O–H groups in total. The van der Waals surface area contributed by atoms with Gasteiger partial charge in [0.05, 0.1) is 4.92 Å². The van der Waals surface area contributed by atoms with Crippen molar-refractivity contribution in [3.8, 4) is 0 Å². The molecule has 19 heavy (non-hydrogen) atoms. The van der Waals surface area contributed by atoms with Crippen LogP contribution in [-0.2, 0) is 6.54 Å². The van der Waals surface area contributed by atoms with Crippen molar-refractivity contribution in [2.24, 2.45) is 5.41 Å². The summed E-state index contributed by atoms with van der Waals surface area (Å²) in [5.74, 6) is 0.422. The van der Waals surface area contributed by atoms with Gasteiger partial charge in [-0.15, -0.1) is 0 Å². The molecule has 0 aliphatic heterocycles. The topological polar surface area (TPSA) is 93.2 Å². The molecule has 108 valence electrons. The Balaban J connectivity index is 3.05. The Hall–Kier alpha value is -1.63. The lowest BCUT2D eigenvalue weighted by molar-refractivity contribution is -0.384. The maximum Gasteiger partial charge on any atom is 0.333 e. The molecule has 0 aliphatic carbocycles. The molecular formula is C12H22N4O3. The van der Waals surface area contributed by atoms with Gasteiger partial charge in [0, 0.05) is 25.1 Å². The molecule has 0 aliphatic rings. The largest absolute Gasteiger partial charge is 0.396 e. The molecule has 1 rings (SSSR count). The van der Waals surface area contributed by atoms with E-state index >= 15 is 0 Å². The van der Waals surface area contributed by atoms with Crippen molar-refractivity contribution in [3.05, 3.63) is 15.8 Å². The minimum Gasteiger partial charge on any atom is -0.396 e. The average Bonchev–Trinajstić information content (AvgIpc) is 2.63. The van der Waals surface area contributed by atoms with Crippen molar-refractivity contribution in [3.63, 3.8) is 0 Å². The van der Waals surface area contributed by atoms with E-state index in [9.17, 15) is 15.2 Å². The highest BCUT2D eigenvalue weighted by Crippen LogP contribution is 2.29. The quantitative estimate of drug-likeness (QED) is 0.583. The van der Waals surface area contributed by atoms with Crippen molar-refractivity contribution in [1.29, 1.82) is 0 Å². The molecule has 0 radical (unpaired) electrons. The average molecular weight is 270 g/mol. The van der Waals surface area contributed by atoms with Crippen molar-refractivity contribution in [2.75, 3.05) is 18.5 Å². The Bertz CT molecular complexity index is 454. The maximum atomic E-state index is 11.1. The summed E-state index contributed by atoms with van der Waals surface area (Å²) in [6.07, 6.45) is 0.844. The Morgan fingerprint density at radius 2 is 2.16 bits per heavy atom. The Kier molecular flexibility index (Phi) is 4.88. The van der Waals surface area contributed by atoms with Gasteiger partial charge in [0.2, 0.25) is 5.82 Å². The van der Waals surface area contributed by atoms with E-state index in [0.29, 0.717) is 24.6 Å². The number of aromatic nitrogens is 2. The molecule has 0 spiro atoms. The minimum atomic E-state index is -0.414. The molecule has 0 saturated heterocycles. The first-order valence-corrected chi connectivity index (χ1v) is 6.39. The van der Waals surface area contributed by atoms with E-state index in [1.807, 2.05) is 20.8 Å². The fourth-order valence-electron chi connectivity index (χ4n) is 1.72. The van der Waals surface area contributed by atoms with Crippen LogP contribution in [0.4, 0.5) is 11.5 Å². The number of hydrogen-bond acceptors (Lipinski definition) is 5. The summed E-state index contributed by atoms with van der Waals surface area (Å²) in [6.45, 7) is 8.47. The molecule has 0 saturated carbocycles. The number of nitrogens with zero attached hydrogens (tertiary/aromatic N) is 3. The molecule has 1 aromatic heterocycles. The second-order valence-electron chi connectivity index (χ2n) is 5.44. The molecule has 7 heteroatoms. The van der Waals surface area contributed by atoms with Crippen LogP contribution in [0.1, 0.15) is 32.9 Å². The molecule has 0 bridgehead atoms. The van der Waals surface area contributed by atoms with Crippen molar-refractivity contribution >= 4 is 11.5 Å². The highest BCUT2D eigenvalue weighted by molar-refractivity contribution is 5.59. The van der Waals surface area contributed by atoms with E-state index in [-0.39, 0.29) is 17.7 Å². The van der Waals surface area contributed by atoms with E-state index < -0.39 is 4.92 Å². The number of aryl methyl sites for hydroxylation is 2. The molecule has 1 heterocycles. The molecule has 1 aromatic rings. The first kappa shape index (κ1) is 15.4. The van der Waals surface area contributed by atoms with Crippen LogP contribution in [0.25, 0.3) is 0 Å². The van der Waals surface area contributed by atoms with Gasteiger partial charge in [-0.1, -0.05) is 20.8 Å². The molecule has 0 amide bonds. The fraction of sp³-hybridized carbons (Fsp3) is 0.750. The zero-order valence-corrected chi connectivity index (χ0v) is 11.9. The molecule has 0 atom stereocenters. The minimum absolute atomic E-state index is 0.00863. The summed E-state index contributed by atoms with van der Waals surface area (Å²) >= 11 is 0. The number of rotatable bonds is 7. The highest BCUT2D eigenvalue weighted by atomic mass is 16.6. The molecule has 0 fully saturated rings. The lowest BCUT2D eigenvalue weighted by atomic mass is 9.95. The van der Waals surface area contributed by atoms with Gasteiger partial charge in [-0.05, 0) is 13.3 Å². The van der Waals surface area contributed by atoms with Crippen LogP contribution in [0.15, 0.2) is 0 Å². The Labute approximate surface area is 112 Å². The molecule has 0 aromatic carbocycles. The monoisotopic (exact) mass is 270 g/mol. The Morgan fingerprint density at radius 1 is 1.53 bits per heavy atom. The van der Waals surface area contributed by atoms with E-state index in [2.05, 4.69) is 10.4 Å². The molecule has 0 unspecified atom stereocenters. The predicted molar refractivity (Wildman–Crippen MR) is 73.3 cm³/mol. The second kappa shape index (κ2) is 6.01. The van der Waals surface area contributed by atoms with Crippen LogP contribution < -0.4 is 5.32 Å². The summed E-state index contributed by atoms with van der Waals surface area (Å²) in [7, 11) is 0. The summed E-state index contributed by atoms with van der Waals surface area (Å²) < 4.78 is 1.63. The van der Waals surface area contributed by atoms with Gasteiger partial charge in [0.1, 0.15) is 5.69 Å². The smallest absolute Gasteiger partial charge is 0.333 e. The molecular weight excluding hydrogens is 248 g/mol. The van der Waals surface area contributed by atoms with Crippen LogP contribution in [0.2, 0.25) is 0 Å². The third kappa shape index (κ3) is 3.66. The second-order valence-corrected chi connectivity index (χ2v) is 5.44. The standard InChI is InChI=1S/C12H22N4O3/c1-5-6-15-11(13-7-12(3,4)8-17)10(16(18)19)9(2)14-15/h13,17H,5-8H2,1-4H3. The fourth-order valence-corrected chi connectivity index (χ4v) is 1.72. The van der Waals surface area contributed by atoms with Crippen molar-refractivity contribution < 1.29 is 10.0 Å². The third-order valence-corrected chi connectivity index (χ3v) is 2.88. The number of aliphatic hydroxyl groups is 1. The SMILES string of the molecule is CCCn1nc(C)c([N+](=O)[O-])c1NCC(C)(C)CO. The first-order valence-electron chi connectivity index (χ1n) is 6.39. The zero-order chi connectivity index (χ0) is 14.6. The number of anilines is 1. The number of nitro groups is 1. The van der Waals surface area contributed by atoms with Crippen molar-refractivity contribution in [1.82, 2.24) is 9.78 Å². The van der Waals surface area contributed by atoms with Gasteiger partial charge in [0.25, 0.3) is 0 Å². The number of aliphatic hydroxyl groups excluding tert-OH is 1. The summed E-state index contributed by atoms with van der Waals surface area (Å²) in [5.41, 5.74) is 0.0771. The molecule has 7 nitrogen and oxygen atoms in total.